The average molecular weight is 275 g/mol. The lowest BCUT2D eigenvalue weighted by molar-refractivity contribution is 0.102. The van der Waals surface area contributed by atoms with Crippen molar-refractivity contribution in [2.45, 2.75) is 25.7 Å². The van der Waals surface area contributed by atoms with Gasteiger partial charge in [-0.3, -0.25) is 15.1 Å². The molecule has 0 bridgehead atoms. The number of anilines is 2. The van der Waals surface area contributed by atoms with Crippen LogP contribution in [-0.4, -0.2) is 20.9 Å². The van der Waals surface area contributed by atoms with E-state index >= 15 is 0 Å². The summed E-state index contributed by atoms with van der Waals surface area (Å²) < 4.78 is 0. The number of thiazole rings is 1. The Balaban J connectivity index is 1.77. The minimum absolute atomic E-state index is 0.202. The van der Waals surface area contributed by atoms with Crippen LogP contribution in [0.2, 0.25) is 0 Å². The number of nitrogens with one attached hydrogen (secondary N) is 1. The van der Waals surface area contributed by atoms with Crippen LogP contribution in [-0.2, 0) is 12.8 Å². The van der Waals surface area contributed by atoms with Crippen LogP contribution in [0.1, 0.15) is 33.9 Å². The molecule has 2 heterocycles. The Morgan fingerprint density at radius 3 is 2.89 bits per heavy atom. The quantitative estimate of drug-likeness (QED) is 0.869. The van der Waals surface area contributed by atoms with Crippen molar-refractivity contribution >= 4 is 28.2 Å². The normalized spacial score (nSPS) is 13.9. The number of nitrogens with two attached hydrogens (primary N) is 1. The molecule has 2 aromatic heterocycles. The number of fused-ring (bicyclic) bond motifs is 1. The summed E-state index contributed by atoms with van der Waals surface area (Å²) >= 11 is 1.54. The van der Waals surface area contributed by atoms with Crippen LogP contribution in [0, 0.1) is 0 Å². The van der Waals surface area contributed by atoms with Gasteiger partial charge in [-0.25, -0.2) is 9.97 Å². The van der Waals surface area contributed by atoms with Gasteiger partial charge in [-0.15, -0.1) is 11.3 Å². The van der Waals surface area contributed by atoms with Crippen LogP contribution >= 0.6 is 11.3 Å². The molecule has 0 atom stereocenters. The van der Waals surface area contributed by atoms with E-state index in [1.807, 2.05) is 0 Å². The molecule has 98 valence electrons. The summed E-state index contributed by atoms with van der Waals surface area (Å²) in [5.41, 5.74) is 6.82. The Morgan fingerprint density at radius 2 is 2.11 bits per heavy atom. The van der Waals surface area contributed by atoms with Crippen molar-refractivity contribution in [1.29, 1.82) is 0 Å². The minimum atomic E-state index is -0.328. The highest BCUT2D eigenvalue weighted by atomic mass is 32.1. The summed E-state index contributed by atoms with van der Waals surface area (Å²) in [4.78, 5) is 25.5. The summed E-state index contributed by atoms with van der Waals surface area (Å²) in [6.45, 7) is 0. The first-order chi connectivity index (χ1) is 9.22. The van der Waals surface area contributed by atoms with Gasteiger partial charge in [-0.05, 0) is 25.7 Å². The third-order valence-electron chi connectivity index (χ3n) is 2.95. The number of aromatic nitrogens is 3. The number of hydrogen-bond donors (Lipinski definition) is 2. The maximum atomic E-state index is 12.0. The first kappa shape index (κ1) is 12.0. The van der Waals surface area contributed by atoms with Crippen molar-refractivity contribution in [2.24, 2.45) is 0 Å². The van der Waals surface area contributed by atoms with Gasteiger partial charge < -0.3 is 5.73 Å². The number of hydrogen-bond acceptors (Lipinski definition) is 6. The first-order valence-corrected chi connectivity index (χ1v) is 6.91. The maximum Gasteiger partial charge on any atom is 0.277 e. The lowest BCUT2D eigenvalue weighted by Crippen LogP contribution is -2.14. The van der Waals surface area contributed by atoms with E-state index in [1.165, 1.54) is 30.1 Å². The van der Waals surface area contributed by atoms with Crippen molar-refractivity contribution in [2.75, 3.05) is 11.1 Å². The molecule has 3 N–H and O–H groups in total. The number of amides is 1. The molecule has 0 radical (unpaired) electrons. The second-order valence-electron chi connectivity index (χ2n) is 4.38. The first-order valence-electron chi connectivity index (χ1n) is 6.10. The standard InChI is InChI=1S/C12H13N5OS/c13-10-6-14-5-8(15-10)11(18)17-12-16-7-3-1-2-4-9(7)19-12/h5-6H,1-4H2,(H2,13,15)(H,16,17,18). The molecule has 0 aromatic carbocycles. The van der Waals surface area contributed by atoms with Crippen molar-refractivity contribution in [1.82, 2.24) is 15.0 Å². The van der Waals surface area contributed by atoms with E-state index in [4.69, 9.17) is 5.73 Å². The molecule has 3 rings (SSSR count). The third-order valence-corrected chi connectivity index (χ3v) is 4.02. The molecule has 7 heteroatoms. The van der Waals surface area contributed by atoms with Crippen molar-refractivity contribution in [3.05, 3.63) is 28.7 Å². The van der Waals surface area contributed by atoms with Crippen LogP contribution in [0.3, 0.4) is 0 Å². The van der Waals surface area contributed by atoms with Crippen LogP contribution < -0.4 is 11.1 Å². The van der Waals surface area contributed by atoms with Crippen molar-refractivity contribution < 1.29 is 4.79 Å². The molecule has 1 amide bonds. The number of rotatable bonds is 2. The summed E-state index contributed by atoms with van der Waals surface area (Å²) in [7, 11) is 0. The van der Waals surface area contributed by atoms with E-state index in [9.17, 15) is 4.79 Å². The van der Waals surface area contributed by atoms with Gasteiger partial charge in [0, 0.05) is 4.88 Å². The van der Waals surface area contributed by atoms with E-state index < -0.39 is 0 Å². The van der Waals surface area contributed by atoms with Crippen LogP contribution in [0.4, 0.5) is 10.9 Å². The fourth-order valence-corrected chi connectivity index (χ4v) is 3.10. The van der Waals surface area contributed by atoms with Crippen LogP contribution in [0.15, 0.2) is 12.4 Å². The molecule has 6 nitrogen and oxygen atoms in total. The lowest BCUT2D eigenvalue weighted by Gasteiger charge is -2.06. The molecular weight excluding hydrogens is 262 g/mol. The summed E-state index contributed by atoms with van der Waals surface area (Å²) in [5.74, 6) is -0.100. The van der Waals surface area contributed by atoms with Gasteiger partial charge in [0.05, 0.1) is 18.1 Å². The topological polar surface area (TPSA) is 93.8 Å². The minimum Gasteiger partial charge on any atom is -0.382 e. The van der Waals surface area contributed by atoms with E-state index in [-0.39, 0.29) is 17.4 Å². The van der Waals surface area contributed by atoms with Crippen molar-refractivity contribution in [3.8, 4) is 0 Å². The van der Waals surface area contributed by atoms with E-state index in [2.05, 4.69) is 20.3 Å². The molecular formula is C12H13N5OS. The molecule has 2 aromatic rings. The number of carbonyl (C=O) groups excluding carboxylic acids is 1. The molecule has 0 saturated heterocycles. The number of nitrogen functional groups attached to an aromatic ring is 1. The van der Waals surface area contributed by atoms with E-state index in [1.54, 1.807) is 11.3 Å². The van der Waals surface area contributed by atoms with Gasteiger partial charge in [0.15, 0.2) is 5.13 Å². The van der Waals surface area contributed by atoms with Gasteiger partial charge in [-0.2, -0.15) is 0 Å². The molecule has 0 saturated carbocycles. The second-order valence-corrected chi connectivity index (χ2v) is 5.46. The molecule has 1 aliphatic carbocycles. The van der Waals surface area contributed by atoms with Gasteiger partial charge in [0.25, 0.3) is 5.91 Å². The molecule has 1 aliphatic rings. The summed E-state index contributed by atoms with van der Waals surface area (Å²) in [6, 6.07) is 0. The van der Waals surface area contributed by atoms with Gasteiger partial charge in [0.1, 0.15) is 11.5 Å². The molecule has 0 spiro atoms. The zero-order valence-electron chi connectivity index (χ0n) is 10.2. The lowest BCUT2D eigenvalue weighted by atomic mass is 10.0. The Morgan fingerprint density at radius 1 is 1.26 bits per heavy atom. The third kappa shape index (κ3) is 2.55. The predicted molar refractivity (Wildman–Crippen MR) is 73.2 cm³/mol. The van der Waals surface area contributed by atoms with Crippen LogP contribution in [0.5, 0.6) is 0 Å². The number of nitrogens with zero attached hydrogens (tertiary/aromatic N) is 3. The Labute approximate surface area is 114 Å². The zero-order valence-corrected chi connectivity index (χ0v) is 11.0. The number of aryl methyl sites for hydroxylation is 2. The Hall–Kier alpha value is -2.02. The van der Waals surface area contributed by atoms with Gasteiger partial charge >= 0.3 is 0 Å². The Kier molecular flexibility index (Phi) is 3.12. The van der Waals surface area contributed by atoms with Crippen molar-refractivity contribution in [3.63, 3.8) is 0 Å². The summed E-state index contributed by atoms with van der Waals surface area (Å²) in [5, 5.41) is 3.38. The second kappa shape index (κ2) is 4.93. The highest BCUT2D eigenvalue weighted by molar-refractivity contribution is 7.15. The predicted octanol–water partition coefficient (Wildman–Crippen LogP) is 1.65. The maximum absolute atomic E-state index is 12.0. The number of carbonyl (C=O) groups is 1. The van der Waals surface area contributed by atoms with E-state index in [0.29, 0.717) is 5.13 Å². The van der Waals surface area contributed by atoms with Gasteiger partial charge in [-0.1, -0.05) is 0 Å². The van der Waals surface area contributed by atoms with E-state index in [0.717, 1.165) is 18.5 Å². The smallest absolute Gasteiger partial charge is 0.277 e. The Bertz CT molecular complexity index is 601. The highest BCUT2D eigenvalue weighted by Gasteiger charge is 2.17. The molecule has 0 unspecified atom stereocenters. The van der Waals surface area contributed by atoms with Gasteiger partial charge in [0.2, 0.25) is 0 Å². The monoisotopic (exact) mass is 275 g/mol. The zero-order chi connectivity index (χ0) is 13.2. The average Bonchev–Trinajstić information content (AvgIpc) is 2.80. The molecule has 0 aliphatic heterocycles. The van der Waals surface area contributed by atoms with Crippen LogP contribution in [0.25, 0.3) is 0 Å². The molecule has 0 fully saturated rings. The SMILES string of the molecule is Nc1cncc(C(=O)Nc2nc3c(s2)CCCC3)n1. The largest absolute Gasteiger partial charge is 0.382 e. The fourth-order valence-electron chi connectivity index (χ4n) is 2.06. The fraction of sp³-hybridized carbons (Fsp3) is 0.333. The highest BCUT2D eigenvalue weighted by Crippen LogP contribution is 2.29. The summed E-state index contributed by atoms with van der Waals surface area (Å²) in [6.07, 6.45) is 7.22. The molecule has 19 heavy (non-hydrogen) atoms.